The van der Waals surface area contributed by atoms with Gasteiger partial charge in [-0.15, -0.1) is 6.61 Å². The van der Waals surface area contributed by atoms with Crippen LogP contribution in [0.4, 0.5) is 0 Å². The van der Waals surface area contributed by atoms with Crippen molar-refractivity contribution in [2.24, 2.45) is 5.92 Å². The van der Waals surface area contributed by atoms with Crippen LogP contribution in [0.2, 0.25) is 10.6 Å². The van der Waals surface area contributed by atoms with Crippen LogP contribution in [-0.2, 0) is 0 Å². The monoisotopic (exact) mass is 212 g/mol. The van der Waals surface area contributed by atoms with Crippen LogP contribution >= 0.6 is 0 Å². The smallest absolute Gasteiger partial charge is 0.0515 e. The summed E-state index contributed by atoms with van der Waals surface area (Å²) in [5.41, 5.74) is 0. The van der Waals surface area contributed by atoms with E-state index >= 15 is 0 Å². The Morgan fingerprint density at radius 2 is 1.57 bits per heavy atom. The predicted molar refractivity (Wildman–Crippen MR) is 62.8 cm³/mol. The SMILES string of the molecule is CCC[CH2][Al+][CH2]CCC.[O-]CC1CC1. The van der Waals surface area contributed by atoms with Gasteiger partial charge in [-0.2, -0.15) is 0 Å². The van der Waals surface area contributed by atoms with Gasteiger partial charge in [0.1, 0.15) is 0 Å². The molecule has 0 aromatic heterocycles. The van der Waals surface area contributed by atoms with Crippen molar-refractivity contribution >= 4 is 15.2 Å². The fraction of sp³-hybridized carbons (Fsp3) is 1.00. The van der Waals surface area contributed by atoms with E-state index in [0.29, 0.717) is 5.92 Å². The van der Waals surface area contributed by atoms with Crippen LogP contribution in [0.25, 0.3) is 0 Å². The second-order valence-electron chi connectivity index (χ2n) is 4.18. The second-order valence-corrected chi connectivity index (χ2v) is 5.92. The first-order valence-electron chi connectivity index (χ1n) is 6.24. The van der Waals surface area contributed by atoms with Crippen LogP contribution in [0.1, 0.15) is 52.4 Å². The summed E-state index contributed by atoms with van der Waals surface area (Å²) < 4.78 is 0. The summed E-state index contributed by atoms with van der Waals surface area (Å²) in [5, 5.41) is 12.8. The van der Waals surface area contributed by atoms with Gasteiger partial charge in [-0.3, -0.25) is 0 Å². The van der Waals surface area contributed by atoms with Crippen LogP contribution in [0.5, 0.6) is 0 Å². The summed E-state index contributed by atoms with van der Waals surface area (Å²) in [6, 6.07) is 0. The van der Waals surface area contributed by atoms with Crippen LogP contribution in [-0.4, -0.2) is 21.8 Å². The molecular weight excluding hydrogens is 187 g/mol. The molecule has 0 aromatic carbocycles. The predicted octanol–water partition coefficient (Wildman–Crippen LogP) is 2.88. The van der Waals surface area contributed by atoms with Crippen molar-refractivity contribution < 1.29 is 5.11 Å². The molecule has 14 heavy (non-hydrogen) atoms. The van der Waals surface area contributed by atoms with E-state index in [1.54, 1.807) is 0 Å². The van der Waals surface area contributed by atoms with Gasteiger partial charge in [0.2, 0.25) is 0 Å². The molecule has 0 spiro atoms. The van der Waals surface area contributed by atoms with Gasteiger partial charge in [0.25, 0.3) is 0 Å². The van der Waals surface area contributed by atoms with E-state index in [1.807, 2.05) is 0 Å². The maximum atomic E-state index is 9.69. The molecule has 0 saturated heterocycles. The van der Waals surface area contributed by atoms with E-state index in [9.17, 15) is 5.11 Å². The van der Waals surface area contributed by atoms with Crippen molar-refractivity contribution in [2.45, 2.75) is 62.9 Å². The van der Waals surface area contributed by atoms with Crippen LogP contribution in [0.3, 0.4) is 0 Å². The van der Waals surface area contributed by atoms with E-state index in [4.69, 9.17) is 0 Å². The van der Waals surface area contributed by atoms with E-state index in [-0.39, 0.29) is 6.61 Å². The molecule has 2 heteroatoms. The van der Waals surface area contributed by atoms with Gasteiger partial charge in [0, 0.05) is 0 Å². The summed E-state index contributed by atoms with van der Waals surface area (Å²) >= 11 is 0.818. The molecule has 0 aliphatic heterocycles. The molecule has 1 saturated carbocycles. The number of hydrogen-bond donors (Lipinski definition) is 0. The van der Waals surface area contributed by atoms with E-state index < -0.39 is 0 Å². The molecule has 0 amide bonds. The molecule has 1 aliphatic rings. The molecule has 0 aromatic rings. The Morgan fingerprint density at radius 3 is 1.79 bits per heavy atom. The largest absolute Gasteiger partial charge is 0.854 e. The van der Waals surface area contributed by atoms with E-state index in [1.165, 1.54) is 49.1 Å². The first-order chi connectivity index (χ1) is 6.85. The van der Waals surface area contributed by atoms with E-state index in [0.717, 1.165) is 15.2 Å². The standard InChI is InChI=1S/C4H7O.2C4H9.Al/c5-3-4-1-2-4;2*1-3-4-2;/h4H,1-3H2;2*1,3-4H2,2H3;/q-1;;;+1. The fourth-order valence-electron chi connectivity index (χ4n) is 1.13. The molecule has 0 radical (unpaired) electrons. The van der Waals surface area contributed by atoms with Gasteiger partial charge in [0.15, 0.2) is 0 Å². The Hall–Kier alpha value is 0.492. The zero-order valence-electron chi connectivity index (χ0n) is 9.93. The molecular formula is C12H25AlO. The van der Waals surface area contributed by atoms with Gasteiger partial charge in [0.05, 0.1) is 0 Å². The van der Waals surface area contributed by atoms with Crippen LogP contribution < -0.4 is 5.11 Å². The summed E-state index contributed by atoms with van der Waals surface area (Å²) in [6.07, 6.45) is 8.11. The Morgan fingerprint density at radius 1 is 1.07 bits per heavy atom. The normalized spacial score (nSPS) is 14.2. The second kappa shape index (κ2) is 11.6. The van der Waals surface area contributed by atoms with Gasteiger partial charge >= 0.3 is 65.3 Å². The molecule has 1 rings (SSSR count). The van der Waals surface area contributed by atoms with Crippen molar-refractivity contribution in [3.63, 3.8) is 0 Å². The molecule has 0 bridgehead atoms. The minimum absolute atomic E-state index is 0.167. The van der Waals surface area contributed by atoms with Crippen molar-refractivity contribution in [3.8, 4) is 0 Å². The minimum Gasteiger partial charge on any atom is -0.854 e. The van der Waals surface area contributed by atoms with Gasteiger partial charge in [-0.25, -0.2) is 0 Å². The fourth-order valence-corrected chi connectivity index (χ4v) is 2.81. The van der Waals surface area contributed by atoms with Crippen LogP contribution in [0.15, 0.2) is 0 Å². The molecule has 0 heterocycles. The first kappa shape index (κ1) is 14.5. The Balaban J connectivity index is 0.000000280. The van der Waals surface area contributed by atoms with Gasteiger partial charge in [-0.05, 0) is 0 Å². The summed E-state index contributed by atoms with van der Waals surface area (Å²) in [5.74, 6) is 0.579. The first-order valence-corrected chi connectivity index (χ1v) is 7.88. The Labute approximate surface area is 96.0 Å². The molecule has 0 N–H and O–H groups in total. The third-order valence-electron chi connectivity index (χ3n) is 2.46. The van der Waals surface area contributed by atoms with Crippen molar-refractivity contribution in [1.82, 2.24) is 0 Å². The van der Waals surface area contributed by atoms with Crippen LogP contribution in [0, 0.1) is 5.92 Å². The molecule has 1 fully saturated rings. The Kier molecular flexibility index (Phi) is 12.0. The molecule has 0 atom stereocenters. The minimum atomic E-state index is 0.167. The zero-order chi connectivity index (χ0) is 10.6. The third-order valence-corrected chi connectivity index (χ3v) is 4.09. The quantitative estimate of drug-likeness (QED) is 0.470. The zero-order valence-corrected chi connectivity index (χ0v) is 11.1. The maximum Gasteiger partial charge on any atom is -0.0515 e. The van der Waals surface area contributed by atoms with Crippen molar-refractivity contribution in [1.29, 1.82) is 0 Å². The summed E-state index contributed by atoms with van der Waals surface area (Å²) in [7, 11) is 0. The number of hydrogen-bond acceptors (Lipinski definition) is 1. The summed E-state index contributed by atoms with van der Waals surface area (Å²) in [6.45, 7) is 4.72. The van der Waals surface area contributed by atoms with Crippen molar-refractivity contribution in [2.75, 3.05) is 6.61 Å². The molecule has 1 aliphatic carbocycles. The van der Waals surface area contributed by atoms with Gasteiger partial charge < -0.3 is 5.11 Å². The average Bonchev–Trinajstić information content (AvgIpc) is 3.02. The maximum absolute atomic E-state index is 9.69. The van der Waals surface area contributed by atoms with Gasteiger partial charge in [-0.1, -0.05) is 18.8 Å². The number of rotatable bonds is 7. The van der Waals surface area contributed by atoms with E-state index in [2.05, 4.69) is 13.8 Å². The molecule has 1 nitrogen and oxygen atoms in total. The average molecular weight is 212 g/mol. The van der Waals surface area contributed by atoms with Crippen molar-refractivity contribution in [3.05, 3.63) is 0 Å². The topological polar surface area (TPSA) is 23.1 Å². The number of unbranched alkanes of at least 4 members (excludes halogenated alkanes) is 2. The third kappa shape index (κ3) is 12.5. The Bertz CT molecular complexity index is 96.5. The molecule has 0 unspecified atom stereocenters. The summed E-state index contributed by atoms with van der Waals surface area (Å²) in [4.78, 5) is 0. The molecule has 82 valence electrons.